The third-order valence-electron chi connectivity index (χ3n) is 2.49. The molecule has 0 amide bonds. The normalized spacial score (nSPS) is 11.2. The van der Waals surface area contributed by atoms with E-state index in [1.54, 1.807) is 6.20 Å². The molecule has 1 aromatic heterocycles. The van der Waals surface area contributed by atoms with Gasteiger partial charge in [-0.15, -0.1) is 24.8 Å². The van der Waals surface area contributed by atoms with E-state index in [-0.39, 0.29) is 31.2 Å². The number of nitrogens with two attached hydrogens (primary N) is 1. The van der Waals surface area contributed by atoms with Crippen molar-refractivity contribution in [1.82, 2.24) is 4.98 Å². The number of hydrogen-bond acceptors (Lipinski definition) is 3. The molecule has 1 atom stereocenters. The van der Waals surface area contributed by atoms with Crippen LogP contribution in [0.5, 0.6) is 0 Å². The smallest absolute Gasteiger partial charge is 0.320 e. The van der Waals surface area contributed by atoms with Gasteiger partial charge in [0.2, 0.25) is 0 Å². The number of carbonyl (C=O) groups is 1. The van der Waals surface area contributed by atoms with Gasteiger partial charge in [-0.05, 0) is 11.5 Å². The van der Waals surface area contributed by atoms with Crippen LogP contribution in [0.2, 0.25) is 0 Å². The SMILES string of the molecule is Cl.Cl.NC(Cc1nccc2ccccc12)C(=O)O. The third kappa shape index (κ3) is 3.57. The Hall–Kier alpha value is -1.36. The first-order chi connectivity index (χ1) is 7.68. The van der Waals surface area contributed by atoms with E-state index in [9.17, 15) is 4.79 Å². The van der Waals surface area contributed by atoms with Crippen molar-refractivity contribution in [3.63, 3.8) is 0 Å². The fraction of sp³-hybridized carbons (Fsp3) is 0.167. The van der Waals surface area contributed by atoms with Crippen molar-refractivity contribution in [2.75, 3.05) is 0 Å². The lowest BCUT2D eigenvalue weighted by Crippen LogP contribution is -2.32. The molecule has 1 aromatic carbocycles. The summed E-state index contributed by atoms with van der Waals surface area (Å²) in [5, 5.41) is 10.8. The van der Waals surface area contributed by atoms with Gasteiger partial charge in [0.05, 0.1) is 5.69 Å². The number of pyridine rings is 1. The molecule has 0 spiro atoms. The Kier molecular flexibility index (Phi) is 6.62. The summed E-state index contributed by atoms with van der Waals surface area (Å²) in [5.74, 6) is -1.00. The number of fused-ring (bicyclic) bond motifs is 1. The number of benzene rings is 1. The van der Waals surface area contributed by atoms with Crippen molar-refractivity contribution in [2.24, 2.45) is 5.73 Å². The summed E-state index contributed by atoms with van der Waals surface area (Å²) in [6.45, 7) is 0. The lowest BCUT2D eigenvalue weighted by atomic mass is 10.0. The molecule has 2 rings (SSSR count). The van der Waals surface area contributed by atoms with Crippen LogP contribution in [-0.4, -0.2) is 22.1 Å². The molecule has 2 aromatic rings. The van der Waals surface area contributed by atoms with E-state index in [1.165, 1.54) is 0 Å². The van der Waals surface area contributed by atoms with Gasteiger partial charge in [-0.2, -0.15) is 0 Å². The van der Waals surface area contributed by atoms with Gasteiger partial charge in [0, 0.05) is 18.0 Å². The maximum Gasteiger partial charge on any atom is 0.320 e. The summed E-state index contributed by atoms with van der Waals surface area (Å²) in [5.41, 5.74) is 6.23. The fourth-order valence-electron chi connectivity index (χ4n) is 1.64. The van der Waals surface area contributed by atoms with Crippen molar-refractivity contribution in [3.05, 3.63) is 42.2 Å². The Morgan fingerprint density at radius 2 is 1.94 bits per heavy atom. The highest BCUT2D eigenvalue weighted by molar-refractivity contribution is 5.86. The van der Waals surface area contributed by atoms with E-state index >= 15 is 0 Å². The van der Waals surface area contributed by atoms with Crippen molar-refractivity contribution in [2.45, 2.75) is 12.5 Å². The molecule has 98 valence electrons. The van der Waals surface area contributed by atoms with E-state index in [1.807, 2.05) is 30.3 Å². The molecule has 0 aliphatic carbocycles. The first kappa shape index (κ1) is 16.6. The molecule has 4 nitrogen and oxygen atoms in total. The lowest BCUT2D eigenvalue weighted by Gasteiger charge is -2.08. The van der Waals surface area contributed by atoms with Crippen LogP contribution in [0.15, 0.2) is 36.5 Å². The average Bonchev–Trinajstić information content (AvgIpc) is 2.29. The molecule has 0 bridgehead atoms. The Bertz CT molecular complexity index is 529. The van der Waals surface area contributed by atoms with Crippen molar-refractivity contribution >= 4 is 41.6 Å². The number of carboxylic acids is 1. The van der Waals surface area contributed by atoms with Gasteiger partial charge in [-0.25, -0.2) is 0 Å². The highest BCUT2D eigenvalue weighted by atomic mass is 35.5. The van der Waals surface area contributed by atoms with E-state index in [0.29, 0.717) is 0 Å². The standard InChI is InChI=1S/C12H12N2O2.2ClH/c13-10(12(15)16)7-11-9-4-2-1-3-8(9)5-6-14-11;;/h1-6,10H,7,13H2,(H,15,16);2*1H. The average molecular weight is 289 g/mol. The Morgan fingerprint density at radius 3 is 2.61 bits per heavy atom. The quantitative estimate of drug-likeness (QED) is 0.906. The second-order valence-corrected chi connectivity index (χ2v) is 3.63. The molecule has 0 fully saturated rings. The van der Waals surface area contributed by atoms with Crippen molar-refractivity contribution < 1.29 is 9.90 Å². The first-order valence-corrected chi connectivity index (χ1v) is 4.99. The van der Waals surface area contributed by atoms with E-state index in [2.05, 4.69) is 4.98 Å². The Labute approximate surface area is 117 Å². The van der Waals surface area contributed by atoms with Crippen LogP contribution in [-0.2, 0) is 11.2 Å². The number of aliphatic carboxylic acids is 1. The number of hydrogen-bond donors (Lipinski definition) is 2. The molecule has 18 heavy (non-hydrogen) atoms. The maximum absolute atomic E-state index is 10.7. The minimum absolute atomic E-state index is 0. The molecule has 0 saturated carbocycles. The molecule has 0 aliphatic rings. The zero-order valence-corrected chi connectivity index (χ0v) is 11.1. The van der Waals surface area contributed by atoms with Gasteiger partial charge in [0.15, 0.2) is 0 Å². The largest absolute Gasteiger partial charge is 0.480 e. The van der Waals surface area contributed by atoms with Gasteiger partial charge >= 0.3 is 5.97 Å². The molecule has 1 heterocycles. The minimum Gasteiger partial charge on any atom is -0.480 e. The summed E-state index contributed by atoms with van der Waals surface area (Å²) in [7, 11) is 0. The molecule has 3 N–H and O–H groups in total. The van der Waals surface area contributed by atoms with E-state index in [0.717, 1.165) is 16.5 Å². The molecule has 0 radical (unpaired) electrons. The molecular formula is C12H14Cl2N2O2. The highest BCUT2D eigenvalue weighted by Crippen LogP contribution is 2.17. The molecule has 6 heteroatoms. The number of halogens is 2. The zero-order valence-electron chi connectivity index (χ0n) is 9.45. The minimum atomic E-state index is -1.00. The van der Waals surface area contributed by atoms with Gasteiger partial charge in [0.1, 0.15) is 6.04 Å². The van der Waals surface area contributed by atoms with E-state index < -0.39 is 12.0 Å². The molecule has 0 saturated heterocycles. The molecular weight excluding hydrogens is 275 g/mol. The van der Waals surface area contributed by atoms with Crippen LogP contribution in [0.25, 0.3) is 10.8 Å². The predicted molar refractivity (Wildman–Crippen MR) is 75.6 cm³/mol. The van der Waals surface area contributed by atoms with Crippen LogP contribution < -0.4 is 5.73 Å². The zero-order chi connectivity index (χ0) is 11.5. The van der Waals surface area contributed by atoms with Gasteiger partial charge in [-0.1, -0.05) is 24.3 Å². The number of nitrogens with zero attached hydrogens (tertiary/aromatic N) is 1. The molecule has 0 aliphatic heterocycles. The summed E-state index contributed by atoms with van der Waals surface area (Å²) in [4.78, 5) is 14.9. The second-order valence-electron chi connectivity index (χ2n) is 3.63. The van der Waals surface area contributed by atoms with Crippen molar-refractivity contribution in [1.29, 1.82) is 0 Å². The van der Waals surface area contributed by atoms with Crippen LogP contribution in [0, 0.1) is 0 Å². The fourth-order valence-corrected chi connectivity index (χ4v) is 1.64. The Balaban J connectivity index is 0.00000144. The van der Waals surface area contributed by atoms with Crippen LogP contribution in [0.4, 0.5) is 0 Å². The summed E-state index contributed by atoms with van der Waals surface area (Å²) in [6.07, 6.45) is 1.92. The van der Waals surface area contributed by atoms with Crippen LogP contribution in [0.1, 0.15) is 5.69 Å². The number of rotatable bonds is 3. The summed E-state index contributed by atoms with van der Waals surface area (Å²) in [6, 6.07) is 8.71. The van der Waals surface area contributed by atoms with Gasteiger partial charge in [-0.3, -0.25) is 9.78 Å². The Morgan fingerprint density at radius 1 is 1.28 bits per heavy atom. The lowest BCUT2D eigenvalue weighted by molar-refractivity contribution is -0.138. The highest BCUT2D eigenvalue weighted by Gasteiger charge is 2.14. The summed E-state index contributed by atoms with van der Waals surface area (Å²) < 4.78 is 0. The number of aromatic nitrogens is 1. The maximum atomic E-state index is 10.7. The first-order valence-electron chi connectivity index (χ1n) is 4.99. The van der Waals surface area contributed by atoms with Gasteiger partial charge < -0.3 is 10.8 Å². The van der Waals surface area contributed by atoms with Gasteiger partial charge in [0.25, 0.3) is 0 Å². The number of carboxylic acid groups (broad SMARTS) is 1. The van der Waals surface area contributed by atoms with Crippen molar-refractivity contribution in [3.8, 4) is 0 Å². The molecule has 1 unspecified atom stereocenters. The van der Waals surface area contributed by atoms with Crippen LogP contribution in [0.3, 0.4) is 0 Å². The summed E-state index contributed by atoms with van der Waals surface area (Å²) >= 11 is 0. The second kappa shape index (κ2) is 7.16. The predicted octanol–water partition coefficient (Wildman–Crippen LogP) is 2.03. The van der Waals surface area contributed by atoms with Crippen LogP contribution >= 0.6 is 24.8 Å². The monoisotopic (exact) mass is 288 g/mol. The van der Waals surface area contributed by atoms with E-state index in [4.69, 9.17) is 10.8 Å². The third-order valence-corrected chi connectivity index (χ3v) is 2.49. The topological polar surface area (TPSA) is 76.2 Å².